The van der Waals surface area contributed by atoms with Crippen LogP contribution in [0.5, 0.6) is 0 Å². The third-order valence-electron chi connectivity index (χ3n) is 1.87. The molecule has 0 radical (unpaired) electrons. The van der Waals surface area contributed by atoms with Gasteiger partial charge in [-0.25, -0.2) is 0 Å². The second-order valence-electron chi connectivity index (χ2n) is 2.90. The van der Waals surface area contributed by atoms with Gasteiger partial charge in [0.15, 0.2) is 0 Å². The zero-order valence-corrected chi connectivity index (χ0v) is 8.35. The highest BCUT2D eigenvalue weighted by molar-refractivity contribution is 5.80. The van der Waals surface area contributed by atoms with Crippen molar-refractivity contribution in [1.82, 2.24) is 0 Å². The quantitative estimate of drug-likeness (QED) is 0.725. The highest BCUT2D eigenvalue weighted by atomic mass is 16.2. The minimum absolute atomic E-state index is 0.0509. The van der Waals surface area contributed by atoms with Gasteiger partial charge in [-0.2, -0.15) is 0 Å². The number of rotatable bonds is 4. The number of aliphatic hydroxyl groups is 1. The Kier molecular flexibility index (Phi) is 4.65. The van der Waals surface area contributed by atoms with Crippen LogP contribution in [0.2, 0.25) is 0 Å². The molecule has 0 aliphatic rings. The van der Waals surface area contributed by atoms with E-state index in [9.17, 15) is 0 Å². The molecule has 0 aromatic heterocycles. The average Bonchev–Trinajstić information content (AvgIpc) is 2.25. The van der Waals surface area contributed by atoms with E-state index in [0.717, 1.165) is 17.7 Å². The summed E-state index contributed by atoms with van der Waals surface area (Å²) in [5.41, 5.74) is 1.99. The fourth-order valence-corrected chi connectivity index (χ4v) is 1.09. The number of aliphatic imine (C=N–C) groups is 1. The van der Waals surface area contributed by atoms with E-state index in [1.165, 1.54) is 0 Å². The van der Waals surface area contributed by atoms with Crippen molar-refractivity contribution in [3.63, 3.8) is 0 Å². The highest BCUT2D eigenvalue weighted by Gasteiger charge is 1.88. The van der Waals surface area contributed by atoms with E-state index >= 15 is 0 Å². The Hall–Kier alpha value is -1.41. The third-order valence-corrected chi connectivity index (χ3v) is 1.87. The van der Waals surface area contributed by atoms with Crippen molar-refractivity contribution in [3.05, 3.63) is 47.7 Å². The van der Waals surface area contributed by atoms with Crippen LogP contribution in [0.15, 0.2) is 47.1 Å². The van der Waals surface area contributed by atoms with Crippen molar-refractivity contribution in [3.8, 4) is 0 Å². The Balaban J connectivity index is 2.68. The SMILES string of the molecule is CCC(=CCO)N=Cc1ccccc1. The standard InChI is InChI=1S/C12H15NO/c1-2-12(8-9-14)13-10-11-6-4-3-5-7-11/h3-8,10,14H,2,9H2,1H3. The lowest BCUT2D eigenvalue weighted by molar-refractivity contribution is 0.341. The average molecular weight is 189 g/mol. The number of benzene rings is 1. The Labute approximate surface area is 84.6 Å². The molecule has 0 aliphatic carbocycles. The van der Waals surface area contributed by atoms with Crippen molar-refractivity contribution >= 4 is 6.21 Å². The van der Waals surface area contributed by atoms with Gasteiger partial charge < -0.3 is 5.11 Å². The van der Waals surface area contributed by atoms with Gasteiger partial charge in [-0.1, -0.05) is 37.3 Å². The summed E-state index contributed by atoms with van der Waals surface area (Å²) in [4.78, 5) is 4.28. The summed E-state index contributed by atoms with van der Waals surface area (Å²) in [5.74, 6) is 0. The lowest BCUT2D eigenvalue weighted by atomic mass is 10.2. The van der Waals surface area contributed by atoms with Crippen LogP contribution in [-0.4, -0.2) is 17.9 Å². The van der Waals surface area contributed by atoms with Gasteiger partial charge in [0.05, 0.1) is 6.61 Å². The van der Waals surface area contributed by atoms with Gasteiger partial charge in [-0.3, -0.25) is 4.99 Å². The topological polar surface area (TPSA) is 32.6 Å². The first-order chi connectivity index (χ1) is 6.86. The fraction of sp³-hybridized carbons (Fsp3) is 0.250. The second-order valence-corrected chi connectivity index (χ2v) is 2.90. The second kappa shape index (κ2) is 6.11. The van der Waals surface area contributed by atoms with E-state index in [1.807, 2.05) is 43.5 Å². The number of aliphatic hydroxyl groups excluding tert-OH is 1. The molecule has 0 heterocycles. The van der Waals surface area contributed by atoms with Crippen LogP contribution in [0.1, 0.15) is 18.9 Å². The zero-order valence-electron chi connectivity index (χ0n) is 8.35. The maximum absolute atomic E-state index is 8.71. The van der Waals surface area contributed by atoms with E-state index in [2.05, 4.69) is 4.99 Å². The summed E-state index contributed by atoms with van der Waals surface area (Å²) in [6, 6.07) is 9.92. The Morgan fingerprint density at radius 1 is 1.36 bits per heavy atom. The summed E-state index contributed by atoms with van der Waals surface area (Å²) in [5, 5.41) is 8.71. The van der Waals surface area contributed by atoms with Gasteiger partial charge >= 0.3 is 0 Å². The first-order valence-corrected chi connectivity index (χ1v) is 4.75. The summed E-state index contributed by atoms with van der Waals surface area (Å²) >= 11 is 0. The molecule has 0 aliphatic heterocycles. The molecule has 0 unspecified atom stereocenters. The molecular weight excluding hydrogens is 174 g/mol. The van der Waals surface area contributed by atoms with Gasteiger partial charge in [0.2, 0.25) is 0 Å². The minimum atomic E-state index is 0.0509. The molecule has 2 nitrogen and oxygen atoms in total. The molecule has 1 aromatic carbocycles. The number of nitrogens with zero attached hydrogens (tertiary/aromatic N) is 1. The Morgan fingerprint density at radius 3 is 2.64 bits per heavy atom. The summed E-state index contributed by atoms with van der Waals surface area (Å²) < 4.78 is 0. The van der Waals surface area contributed by atoms with Crippen LogP contribution < -0.4 is 0 Å². The number of allylic oxidation sites excluding steroid dienone is 1. The molecule has 0 saturated heterocycles. The van der Waals surface area contributed by atoms with Crippen LogP contribution in [-0.2, 0) is 0 Å². The smallest absolute Gasteiger partial charge is 0.0632 e. The molecule has 2 heteroatoms. The molecule has 0 bridgehead atoms. The number of hydrogen-bond donors (Lipinski definition) is 1. The van der Waals surface area contributed by atoms with Crippen LogP contribution >= 0.6 is 0 Å². The maximum Gasteiger partial charge on any atom is 0.0632 e. The largest absolute Gasteiger partial charge is 0.392 e. The molecule has 0 fully saturated rings. The van der Waals surface area contributed by atoms with Crippen molar-refractivity contribution in [2.45, 2.75) is 13.3 Å². The minimum Gasteiger partial charge on any atom is -0.392 e. The molecule has 14 heavy (non-hydrogen) atoms. The highest BCUT2D eigenvalue weighted by Crippen LogP contribution is 2.02. The molecule has 0 atom stereocenters. The molecule has 1 rings (SSSR count). The van der Waals surface area contributed by atoms with Gasteiger partial charge in [-0.05, 0) is 18.1 Å². The fourth-order valence-electron chi connectivity index (χ4n) is 1.09. The summed E-state index contributed by atoms with van der Waals surface area (Å²) in [6.07, 6.45) is 4.37. The molecule has 74 valence electrons. The zero-order chi connectivity index (χ0) is 10.2. The van der Waals surface area contributed by atoms with Crippen molar-refractivity contribution < 1.29 is 5.11 Å². The lowest BCUT2D eigenvalue weighted by Crippen LogP contribution is -1.84. The van der Waals surface area contributed by atoms with Gasteiger partial charge in [0.1, 0.15) is 0 Å². The summed E-state index contributed by atoms with van der Waals surface area (Å²) in [6.45, 7) is 2.07. The van der Waals surface area contributed by atoms with Gasteiger partial charge in [-0.15, -0.1) is 0 Å². The molecule has 0 saturated carbocycles. The first kappa shape index (κ1) is 10.7. The third kappa shape index (κ3) is 3.54. The Bertz CT molecular complexity index is 314. The summed E-state index contributed by atoms with van der Waals surface area (Å²) in [7, 11) is 0. The van der Waals surface area contributed by atoms with Crippen LogP contribution in [0.3, 0.4) is 0 Å². The normalized spacial score (nSPS) is 12.3. The van der Waals surface area contributed by atoms with Crippen molar-refractivity contribution in [2.75, 3.05) is 6.61 Å². The lowest BCUT2D eigenvalue weighted by Gasteiger charge is -1.95. The van der Waals surface area contributed by atoms with E-state index in [1.54, 1.807) is 6.08 Å². The van der Waals surface area contributed by atoms with Crippen LogP contribution in [0, 0.1) is 0 Å². The van der Waals surface area contributed by atoms with Crippen LogP contribution in [0.4, 0.5) is 0 Å². The first-order valence-electron chi connectivity index (χ1n) is 4.75. The molecule has 1 N–H and O–H groups in total. The van der Waals surface area contributed by atoms with Crippen LogP contribution in [0.25, 0.3) is 0 Å². The van der Waals surface area contributed by atoms with Gasteiger partial charge in [0.25, 0.3) is 0 Å². The van der Waals surface area contributed by atoms with E-state index < -0.39 is 0 Å². The number of hydrogen-bond acceptors (Lipinski definition) is 2. The van der Waals surface area contributed by atoms with E-state index in [4.69, 9.17) is 5.11 Å². The molecule has 0 amide bonds. The predicted molar refractivity (Wildman–Crippen MR) is 59.5 cm³/mol. The van der Waals surface area contributed by atoms with E-state index in [-0.39, 0.29) is 6.61 Å². The Morgan fingerprint density at radius 2 is 2.07 bits per heavy atom. The van der Waals surface area contributed by atoms with Crippen molar-refractivity contribution in [2.24, 2.45) is 4.99 Å². The predicted octanol–water partition coefficient (Wildman–Crippen LogP) is 2.39. The van der Waals surface area contributed by atoms with Gasteiger partial charge in [0, 0.05) is 11.9 Å². The monoisotopic (exact) mass is 189 g/mol. The van der Waals surface area contributed by atoms with E-state index in [0.29, 0.717) is 0 Å². The maximum atomic E-state index is 8.71. The molecular formula is C12H15NO. The molecule has 1 aromatic rings. The molecule has 0 spiro atoms. The van der Waals surface area contributed by atoms with Crippen molar-refractivity contribution in [1.29, 1.82) is 0 Å².